The van der Waals surface area contributed by atoms with Gasteiger partial charge in [0.2, 0.25) is 10.0 Å². The van der Waals surface area contributed by atoms with Crippen LogP contribution in [0.25, 0.3) is 0 Å². The van der Waals surface area contributed by atoms with Crippen molar-refractivity contribution in [3.8, 4) is 6.07 Å². The number of anilines is 1. The van der Waals surface area contributed by atoms with E-state index in [0.29, 0.717) is 16.8 Å². The van der Waals surface area contributed by atoms with Gasteiger partial charge in [-0.3, -0.25) is 0 Å². The molecule has 7 heteroatoms. The van der Waals surface area contributed by atoms with Crippen LogP contribution in [0, 0.1) is 32.1 Å². The van der Waals surface area contributed by atoms with Crippen molar-refractivity contribution in [3.05, 3.63) is 22.8 Å². The molecule has 0 spiro atoms. The molecule has 1 aliphatic heterocycles. The summed E-state index contributed by atoms with van der Waals surface area (Å²) in [5.74, 6) is 0. The summed E-state index contributed by atoms with van der Waals surface area (Å²) in [6.45, 7) is 5.82. The summed E-state index contributed by atoms with van der Waals surface area (Å²) in [5.41, 5.74) is 8.45. The van der Waals surface area contributed by atoms with Gasteiger partial charge in [-0.05, 0) is 43.5 Å². The van der Waals surface area contributed by atoms with Crippen molar-refractivity contribution < 1.29 is 13.2 Å². The highest BCUT2D eigenvalue weighted by molar-refractivity contribution is 7.89. The van der Waals surface area contributed by atoms with Crippen LogP contribution in [0.3, 0.4) is 0 Å². The number of nitrogen functional groups attached to an aromatic ring is 1. The van der Waals surface area contributed by atoms with Gasteiger partial charge < -0.3 is 10.5 Å². The highest BCUT2D eigenvalue weighted by atomic mass is 32.2. The second-order valence-electron chi connectivity index (χ2n) is 5.21. The van der Waals surface area contributed by atoms with Gasteiger partial charge in [-0.25, -0.2) is 8.42 Å². The quantitative estimate of drug-likeness (QED) is 0.825. The molecule has 0 aromatic heterocycles. The summed E-state index contributed by atoms with van der Waals surface area (Å²) < 4.78 is 32.3. The van der Waals surface area contributed by atoms with Crippen LogP contribution < -0.4 is 5.73 Å². The van der Waals surface area contributed by atoms with E-state index in [2.05, 4.69) is 0 Å². The third kappa shape index (κ3) is 2.75. The van der Waals surface area contributed by atoms with E-state index in [-0.39, 0.29) is 24.6 Å². The second-order valence-corrected chi connectivity index (χ2v) is 7.09. The van der Waals surface area contributed by atoms with Gasteiger partial charge in [-0.1, -0.05) is 0 Å². The Morgan fingerprint density at radius 2 is 2.05 bits per heavy atom. The summed E-state index contributed by atoms with van der Waals surface area (Å²) in [7, 11) is -3.69. The van der Waals surface area contributed by atoms with Crippen molar-refractivity contribution >= 4 is 15.7 Å². The lowest BCUT2D eigenvalue weighted by molar-refractivity contribution is 0.0311. The van der Waals surface area contributed by atoms with E-state index in [1.165, 1.54) is 4.31 Å². The largest absolute Gasteiger partial charge is 0.398 e. The molecule has 1 saturated heterocycles. The van der Waals surface area contributed by atoms with E-state index >= 15 is 0 Å². The molecule has 2 rings (SSSR count). The molecule has 2 N–H and O–H groups in total. The van der Waals surface area contributed by atoms with Gasteiger partial charge in [-0.2, -0.15) is 9.57 Å². The summed E-state index contributed by atoms with van der Waals surface area (Å²) in [6, 6.07) is 3.74. The topological polar surface area (TPSA) is 96.4 Å². The zero-order valence-corrected chi connectivity index (χ0v) is 13.2. The van der Waals surface area contributed by atoms with Gasteiger partial charge in [0.25, 0.3) is 0 Å². The Labute approximate surface area is 125 Å². The summed E-state index contributed by atoms with van der Waals surface area (Å²) >= 11 is 0. The van der Waals surface area contributed by atoms with Crippen LogP contribution >= 0.6 is 0 Å². The number of nitrogens with two attached hydrogens (primary N) is 1. The van der Waals surface area contributed by atoms with Crippen LogP contribution in [0.5, 0.6) is 0 Å². The maximum atomic E-state index is 12.9. The van der Waals surface area contributed by atoms with Gasteiger partial charge in [0.05, 0.1) is 24.1 Å². The Bertz CT molecular complexity index is 681. The van der Waals surface area contributed by atoms with Gasteiger partial charge in [0.1, 0.15) is 0 Å². The first kappa shape index (κ1) is 15.8. The number of rotatable bonds is 2. The molecule has 0 bridgehead atoms. The van der Waals surface area contributed by atoms with Crippen molar-refractivity contribution in [3.63, 3.8) is 0 Å². The van der Waals surface area contributed by atoms with Gasteiger partial charge in [-0.15, -0.1) is 0 Å². The molecule has 1 atom stereocenters. The van der Waals surface area contributed by atoms with Crippen LogP contribution in [-0.4, -0.2) is 38.5 Å². The molecule has 1 unspecified atom stereocenters. The molecular weight excluding hydrogens is 290 g/mol. The second kappa shape index (κ2) is 5.64. The van der Waals surface area contributed by atoms with Crippen LogP contribution in [-0.2, 0) is 14.8 Å². The maximum absolute atomic E-state index is 12.9. The van der Waals surface area contributed by atoms with Crippen LogP contribution in [0.1, 0.15) is 16.7 Å². The molecule has 1 aromatic rings. The van der Waals surface area contributed by atoms with E-state index in [1.807, 2.05) is 13.0 Å². The lowest BCUT2D eigenvalue weighted by Crippen LogP contribution is -2.45. The van der Waals surface area contributed by atoms with Crippen LogP contribution in [0.2, 0.25) is 0 Å². The van der Waals surface area contributed by atoms with E-state index in [1.54, 1.807) is 19.9 Å². The van der Waals surface area contributed by atoms with Gasteiger partial charge >= 0.3 is 0 Å². The summed E-state index contributed by atoms with van der Waals surface area (Å²) in [5, 5.41) is 8.93. The molecule has 1 fully saturated rings. The first-order valence-electron chi connectivity index (χ1n) is 6.66. The Balaban J connectivity index is 2.53. The zero-order valence-electron chi connectivity index (χ0n) is 12.4. The zero-order chi connectivity index (χ0) is 15.8. The minimum Gasteiger partial charge on any atom is -0.398 e. The monoisotopic (exact) mass is 309 g/mol. The molecule has 0 saturated carbocycles. The van der Waals surface area contributed by atoms with E-state index < -0.39 is 16.1 Å². The van der Waals surface area contributed by atoms with Crippen molar-refractivity contribution in [2.24, 2.45) is 0 Å². The number of ether oxygens (including phenoxy) is 1. The molecule has 6 nitrogen and oxygen atoms in total. The fourth-order valence-electron chi connectivity index (χ4n) is 2.48. The third-order valence-electron chi connectivity index (χ3n) is 3.85. The van der Waals surface area contributed by atoms with Crippen LogP contribution in [0.4, 0.5) is 5.69 Å². The van der Waals surface area contributed by atoms with Crippen LogP contribution in [0.15, 0.2) is 11.0 Å². The van der Waals surface area contributed by atoms with Gasteiger partial charge in [0, 0.05) is 12.2 Å². The smallest absolute Gasteiger partial charge is 0.243 e. The van der Waals surface area contributed by atoms with Gasteiger partial charge in [0.15, 0.2) is 6.10 Å². The molecule has 1 aromatic carbocycles. The Kier molecular flexibility index (Phi) is 4.23. The first-order chi connectivity index (χ1) is 9.78. The van der Waals surface area contributed by atoms with Crippen molar-refractivity contribution in [2.75, 3.05) is 25.4 Å². The predicted molar refractivity (Wildman–Crippen MR) is 79.2 cm³/mol. The van der Waals surface area contributed by atoms with Crippen molar-refractivity contribution in [1.82, 2.24) is 4.31 Å². The average Bonchev–Trinajstić information content (AvgIpc) is 2.45. The fraction of sp³-hybridized carbons (Fsp3) is 0.500. The number of morpholine rings is 1. The fourth-order valence-corrected chi connectivity index (χ4v) is 4.44. The average molecular weight is 309 g/mol. The standard InChI is InChI=1S/C14H19N3O3S/c1-9-6-13(16)11(3)14(10(9)2)21(18,19)17-4-5-20-12(7-15)8-17/h6,12H,4-5,8,16H2,1-3H3. The number of hydrogen-bond acceptors (Lipinski definition) is 5. The summed E-state index contributed by atoms with van der Waals surface area (Å²) in [4.78, 5) is 0.249. The minimum atomic E-state index is -3.69. The third-order valence-corrected chi connectivity index (χ3v) is 5.99. The number of hydrogen-bond donors (Lipinski definition) is 1. The normalized spacial score (nSPS) is 20.2. The number of nitrogens with zero attached hydrogens (tertiary/aromatic N) is 2. The molecule has 0 aliphatic carbocycles. The van der Waals surface area contributed by atoms with Crippen molar-refractivity contribution in [1.29, 1.82) is 5.26 Å². The molecule has 1 heterocycles. The molecule has 114 valence electrons. The lowest BCUT2D eigenvalue weighted by Gasteiger charge is -2.30. The highest BCUT2D eigenvalue weighted by Crippen LogP contribution is 2.30. The first-order valence-corrected chi connectivity index (χ1v) is 8.10. The lowest BCUT2D eigenvalue weighted by atomic mass is 10.1. The molecular formula is C14H19N3O3S. The highest BCUT2D eigenvalue weighted by Gasteiger charge is 2.33. The van der Waals surface area contributed by atoms with E-state index in [4.69, 9.17) is 15.7 Å². The summed E-state index contributed by atoms with van der Waals surface area (Å²) in [6.07, 6.45) is -0.726. The maximum Gasteiger partial charge on any atom is 0.243 e. The Morgan fingerprint density at radius 3 is 2.67 bits per heavy atom. The van der Waals surface area contributed by atoms with E-state index in [9.17, 15) is 8.42 Å². The minimum absolute atomic E-state index is 0.0472. The number of aryl methyl sites for hydroxylation is 1. The number of sulfonamides is 1. The van der Waals surface area contributed by atoms with E-state index in [0.717, 1.165) is 5.56 Å². The SMILES string of the molecule is Cc1cc(N)c(C)c(S(=O)(=O)N2CCOC(C#N)C2)c1C. The Morgan fingerprint density at radius 1 is 1.38 bits per heavy atom. The number of nitriles is 1. The molecule has 0 amide bonds. The molecule has 1 aliphatic rings. The predicted octanol–water partition coefficient (Wildman–Crippen LogP) is 1.11. The Hall–Kier alpha value is -1.62. The number of benzene rings is 1. The molecule has 0 radical (unpaired) electrons. The van der Waals surface area contributed by atoms with Crippen molar-refractivity contribution in [2.45, 2.75) is 31.8 Å². The molecule has 21 heavy (non-hydrogen) atoms.